The largest absolute Gasteiger partial charge is 0.320 e. The lowest BCUT2D eigenvalue weighted by atomic mass is 9.96. The molecule has 0 aliphatic heterocycles. The Morgan fingerprint density at radius 1 is 0.889 bits per heavy atom. The van der Waals surface area contributed by atoms with Crippen molar-refractivity contribution in [1.82, 2.24) is 0 Å². The molecule has 18 heavy (non-hydrogen) atoms. The van der Waals surface area contributed by atoms with Crippen LogP contribution in [0.25, 0.3) is 0 Å². The minimum atomic E-state index is -0.0690. The third kappa shape index (κ3) is 2.82. The Balaban J connectivity index is 2.40. The molecule has 0 aliphatic rings. The van der Waals surface area contributed by atoms with Gasteiger partial charge in [-0.2, -0.15) is 0 Å². The summed E-state index contributed by atoms with van der Waals surface area (Å²) in [5.41, 5.74) is 12.4. The SMILES string of the molecule is Cc1cc(C)cc(C(N)c2ccc(C)c(Br)c2)c1. The molecule has 2 rings (SSSR count). The van der Waals surface area contributed by atoms with Crippen molar-refractivity contribution >= 4 is 15.9 Å². The van der Waals surface area contributed by atoms with Gasteiger partial charge in [-0.15, -0.1) is 0 Å². The second-order valence-electron chi connectivity index (χ2n) is 4.91. The van der Waals surface area contributed by atoms with Crippen LogP contribution < -0.4 is 5.73 Å². The minimum Gasteiger partial charge on any atom is -0.320 e. The summed E-state index contributed by atoms with van der Waals surface area (Å²) in [5, 5.41) is 0. The van der Waals surface area contributed by atoms with E-state index in [1.807, 2.05) is 0 Å². The second kappa shape index (κ2) is 5.25. The summed E-state index contributed by atoms with van der Waals surface area (Å²) in [6.07, 6.45) is 0. The fourth-order valence-corrected chi connectivity index (χ4v) is 2.58. The topological polar surface area (TPSA) is 26.0 Å². The van der Waals surface area contributed by atoms with E-state index in [-0.39, 0.29) is 6.04 Å². The number of benzene rings is 2. The summed E-state index contributed by atoms with van der Waals surface area (Å²) >= 11 is 3.56. The summed E-state index contributed by atoms with van der Waals surface area (Å²) in [6, 6.07) is 12.7. The van der Waals surface area contributed by atoms with Crippen LogP contribution >= 0.6 is 15.9 Å². The third-order valence-electron chi connectivity index (χ3n) is 3.16. The van der Waals surface area contributed by atoms with Crippen LogP contribution in [-0.2, 0) is 0 Å². The van der Waals surface area contributed by atoms with Crippen LogP contribution in [0, 0.1) is 20.8 Å². The first-order chi connectivity index (χ1) is 8.47. The quantitative estimate of drug-likeness (QED) is 0.873. The maximum atomic E-state index is 6.35. The first-order valence-corrected chi connectivity index (χ1v) is 6.86. The third-order valence-corrected chi connectivity index (χ3v) is 4.01. The summed E-state index contributed by atoms with van der Waals surface area (Å²) in [7, 11) is 0. The summed E-state index contributed by atoms with van der Waals surface area (Å²) in [6.45, 7) is 6.29. The Morgan fingerprint density at radius 2 is 1.50 bits per heavy atom. The molecule has 1 atom stereocenters. The van der Waals surface area contributed by atoms with Crippen molar-refractivity contribution in [2.75, 3.05) is 0 Å². The molecule has 0 bridgehead atoms. The minimum absolute atomic E-state index is 0.0690. The van der Waals surface area contributed by atoms with Crippen LogP contribution in [0.4, 0.5) is 0 Å². The number of hydrogen-bond donors (Lipinski definition) is 1. The van der Waals surface area contributed by atoms with Gasteiger partial charge in [0, 0.05) is 4.47 Å². The average molecular weight is 304 g/mol. The van der Waals surface area contributed by atoms with E-state index in [9.17, 15) is 0 Å². The zero-order valence-corrected chi connectivity index (χ0v) is 12.6. The van der Waals surface area contributed by atoms with Gasteiger partial charge in [-0.05, 0) is 43.5 Å². The zero-order chi connectivity index (χ0) is 13.3. The van der Waals surface area contributed by atoms with Gasteiger partial charge in [0.2, 0.25) is 0 Å². The van der Waals surface area contributed by atoms with Gasteiger partial charge in [-0.1, -0.05) is 57.4 Å². The van der Waals surface area contributed by atoms with E-state index < -0.39 is 0 Å². The van der Waals surface area contributed by atoms with Crippen LogP contribution in [-0.4, -0.2) is 0 Å². The van der Waals surface area contributed by atoms with Crippen LogP contribution in [0.2, 0.25) is 0 Å². The maximum Gasteiger partial charge on any atom is 0.0552 e. The molecule has 2 N–H and O–H groups in total. The van der Waals surface area contributed by atoms with Crippen molar-refractivity contribution in [3.8, 4) is 0 Å². The molecular formula is C16H18BrN. The molecule has 0 fully saturated rings. The van der Waals surface area contributed by atoms with E-state index >= 15 is 0 Å². The fraction of sp³-hybridized carbons (Fsp3) is 0.250. The lowest BCUT2D eigenvalue weighted by molar-refractivity contribution is 0.866. The normalized spacial score (nSPS) is 12.5. The van der Waals surface area contributed by atoms with E-state index in [4.69, 9.17) is 5.73 Å². The monoisotopic (exact) mass is 303 g/mol. The molecule has 0 amide bonds. The van der Waals surface area contributed by atoms with Crippen molar-refractivity contribution in [2.24, 2.45) is 5.73 Å². The highest BCUT2D eigenvalue weighted by Crippen LogP contribution is 2.26. The van der Waals surface area contributed by atoms with Crippen molar-refractivity contribution in [1.29, 1.82) is 0 Å². The molecule has 1 unspecified atom stereocenters. The van der Waals surface area contributed by atoms with Crippen molar-refractivity contribution in [3.05, 3.63) is 68.7 Å². The van der Waals surface area contributed by atoms with Gasteiger partial charge in [0.05, 0.1) is 6.04 Å². The molecule has 0 heterocycles. The first-order valence-electron chi connectivity index (χ1n) is 6.07. The number of aryl methyl sites for hydroxylation is 3. The van der Waals surface area contributed by atoms with Gasteiger partial charge < -0.3 is 5.73 Å². The molecule has 2 aromatic carbocycles. The molecule has 2 heteroatoms. The molecule has 2 aromatic rings. The van der Waals surface area contributed by atoms with E-state index in [1.165, 1.54) is 22.3 Å². The smallest absolute Gasteiger partial charge is 0.0552 e. The predicted molar refractivity (Wildman–Crippen MR) is 80.8 cm³/mol. The van der Waals surface area contributed by atoms with Gasteiger partial charge in [0.25, 0.3) is 0 Å². The van der Waals surface area contributed by atoms with E-state index in [0.29, 0.717) is 0 Å². The van der Waals surface area contributed by atoms with Crippen LogP contribution in [0.3, 0.4) is 0 Å². The van der Waals surface area contributed by atoms with Gasteiger partial charge in [0.15, 0.2) is 0 Å². The lowest BCUT2D eigenvalue weighted by Gasteiger charge is -2.15. The maximum absolute atomic E-state index is 6.35. The Labute approximate surface area is 117 Å². The predicted octanol–water partition coefficient (Wildman–Crippen LogP) is 4.42. The van der Waals surface area contributed by atoms with Crippen molar-refractivity contribution < 1.29 is 0 Å². The Bertz CT molecular complexity index is 555. The Morgan fingerprint density at radius 3 is 2.06 bits per heavy atom. The summed E-state index contributed by atoms with van der Waals surface area (Å²) in [5.74, 6) is 0. The molecule has 0 aliphatic carbocycles. The van der Waals surface area contributed by atoms with E-state index in [1.54, 1.807) is 0 Å². The molecule has 94 valence electrons. The molecule has 0 radical (unpaired) electrons. The molecular weight excluding hydrogens is 286 g/mol. The average Bonchev–Trinajstić information content (AvgIpc) is 2.30. The summed E-state index contributed by atoms with van der Waals surface area (Å²) in [4.78, 5) is 0. The molecule has 0 aromatic heterocycles. The standard InChI is InChI=1S/C16H18BrN/c1-10-6-11(2)8-14(7-10)16(18)13-5-4-12(3)15(17)9-13/h4-9,16H,18H2,1-3H3. The molecule has 0 saturated heterocycles. The zero-order valence-electron chi connectivity index (χ0n) is 11.0. The first kappa shape index (κ1) is 13.3. The van der Waals surface area contributed by atoms with Crippen LogP contribution in [0.1, 0.15) is 33.9 Å². The molecule has 0 saturated carbocycles. The highest BCUT2D eigenvalue weighted by atomic mass is 79.9. The van der Waals surface area contributed by atoms with Crippen molar-refractivity contribution in [2.45, 2.75) is 26.8 Å². The Kier molecular flexibility index (Phi) is 3.88. The second-order valence-corrected chi connectivity index (χ2v) is 5.76. The van der Waals surface area contributed by atoms with Crippen LogP contribution in [0.15, 0.2) is 40.9 Å². The lowest BCUT2D eigenvalue weighted by Crippen LogP contribution is -2.12. The highest BCUT2D eigenvalue weighted by Gasteiger charge is 2.10. The number of halogens is 1. The highest BCUT2D eigenvalue weighted by molar-refractivity contribution is 9.10. The van der Waals surface area contributed by atoms with E-state index in [0.717, 1.165) is 10.0 Å². The van der Waals surface area contributed by atoms with Crippen LogP contribution in [0.5, 0.6) is 0 Å². The molecule has 0 spiro atoms. The van der Waals surface area contributed by atoms with Gasteiger partial charge in [0.1, 0.15) is 0 Å². The van der Waals surface area contributed by atoms with Gasteiger partial charge in [-0.3, -0.25) is 0 Å². The summed E-state index contributed by atoms with van der Waals surface area (Å²) < 4.78 is 1.11. The fourth-order valence-electron chi connectivity index (χ4n) is 2.18. The Hall–Kier alpha value is -1.12. The molecule has 1 nitrogen and oxygen atoms in total. The number of rotatable bonds is 2. The van der Waals surface area contributed by atoms with Gasteiger partial charge >= 0.3 is 0 Å². The number of hydrogen-bond acceptors (Lipinski definition) is 1. The van der Waals surface area contributed by atoms with Crippen molar-refractivity contribution in [3.63, 3.8) is 0 Å². The van der Waals surface area contributed by atoms with Gasteiger partial charge in [-0.25, -0.2) is 0 Å². The number of nitrogens with two attached hydrogens (primary N) is 1. The van der Waals surface area contributed by atoms with E-state index in [2.05, 4.69) is 73.1 Å².